The van der Waals surface area contributed by atoms with Crippen molar-refractivity contribution in [3.8, 4) is 0 Å². The van der Waals surface area contributed by atoms with Crippen molar-refractivity contribution in [1.29, 1.82) is 0 Å². The maximum Gasteiger partial charge on any atom is 0.368 e. The number of anilines is 1. The zero-order valence-electron chi connectivity index (χ0n) is 11.0. The van der Waals surface area contributed by atoms with Gasteiger partial charge in [0.25, 0.3) is 0 Å². The highest BCUT2D eigenvalue weighted by Crippen LogP contribution is 2.23. The molecule has 1 aliphatic heterocycles. The Balaban J connectivity index is 1.96. The van der Waals surface area contributed by atoms with Gasteiger partial charge in [-0.3, -0.25) is 0 Å². The predicted octanol–water partition coefficient (Wildman–Crippen LogP) is 0.845. The van der Waals surface area contributed by atoms with Crippen LogP contribution in [-0.4, -0.2) is 43.8 Å². The molecule has 1 N–H and O–H groups in total. The lowest BCUT2D eigenvalue weighted by Gasteiger charge is -2.34. The summed E-state index contributed by atoms with van der Waals surface area (Å²) in [6, 6.07) is 3.47. The van der Waals surface area contributed by atoms with Crippen LogP contribution in [0.2, 0.25) is 0 Å². The van der Waals surface area contributed by atoms with E-state index < -0.39 is 11.0 Å². The first-order valence-corrected chi connectivity index (χ1v) is 6.48. The van der Waals surface area contributed by atoms with Crippen LogP contribution >= 0.6 is 0 Å². The maximum atomic E-state index is 10.9. The molecule has 8 nitrogen and oxygen atoms in total. The number of nitrogens with zero attached hydrogens (tertiary/aromatic N) is 5. The van der Waals surface area contributed by atoms with E-state index in [-0.39, 0.29) is 11.7 Å². The minimum Gasteiger partial charge on any atom is -0.391 e. The summed E-state index contributed by atoms with van der Waals surface area (Å²) in [4.78, 5) is 16.3. The number of piperidine rings is 1. The molecule has 2 aromatic heterocycles. The molecule has 0 saturated carbocycles. The van der Waals surface area contributed by atoms with Gasteiger partial charge in [0.2, 0.25) is 5.65 Å². The van der Waals surface area contributed by atoms with Crippen LogP contribution in [0.25, 0.3) is 5.65 Å². The first-order valence-electron chi connectivity index (χ1n) is 6.48. The van der Waals surface area contributed by atoms with Crippen molar-refractivity contribution < 1.29 is 10.0 Å². The quantitative estimate of drug-likeness (QED) is 0.645. The number of fused-ring (bicyclic) bond motifs is 1. The van der Waals surface area contributed by atoms with Crippen LogP contribution in [0, 0.1) is 16.0 Å². The maximum absolute atomic E-state index is 10.9. The molecular weight excluding hydrogens is 262 g/mol. The first-order chi connectivity index (χ1) is 9.56. The molecule has 1 fully saturated rings. The van der Waals surface area contributed by atoms with Crippen molar-refractivity contribution in [3.05, 3.63) is 28.4 Å². The van der Waals surface area contributed by atoms with E-state index in [0.29, 0.717) is 18.0 Å². The lowest BCUT2D eigenvalue weighted by atomic mass is 9.96. The number of aromatic nitrogens is 3. The van der Waals surface area contributed by atoms with Gasteiger partial charge >= 0.3 is 5.82 Å². The smallest absolute Gasteiger partial charge is 0.368 e. The number of β-amino-alcohol motifs (C(OH)–C–C–N with tert-alkyl or cyclic N) is 1. The number of hydrogen-bond donors (Lipinski definition) is 1. The van der Waals surface area contributed by atoms with Gasteiger partial charge < -0.3 is 20.1 Å². The fraction of sp³-hybridized carbons (Fsp3) is 0.500. The molecule has 20 heavy (non-hydrogen) atoms. The summed E-state index contributed by atoms with van der Waals surface area (Å²) in [5, 5.41) is 25.1. The minimum atomic E-state index is -0.510. The van der Waals surface area contributed by atoms with Gasteiger partial charge in [-0.2, -0.15) is 0 Å². The topological polar surface area (TPSA) is 96.8 Å². The number of aliphatic hydroxyl groups is 1. The van der Waals surface area contributed by atoms with Crippen LogP contribution in [0.4, 0.5) is 11.6 Å². The standard InChI is InChI=1S/C12H15N5O3/c1-8-4-5-15(7-9(8)18)11-3-2-10-13-6-12(17(19)20)16(10)14-11/h2-3,6,8-9,18H,4-5,7H2,1H3. The van der Waals surface area contributed by atoms with Crippen molar-refractivity contribution in [2.75, 3.05) is 18.0 Å². The second-order valence-electron chi connectivity index (χ2n) is 5.11. The fourth-order valence-electron chi connectivity index (χ4n) is 2.40. The average molecular weight is 277 g/mol. The lowest BCUT2D eigenvalue weighted by molar-refractivity contribution is -0.391. The molecule has 1 aliphatic rings. The molecule has 0 bridgehead atoms. The highest BCUT2D eigenvalue weighted by molar-refractivity contribution is 5.49. The molecular formula is C12H15N5O3. The molecule has 2 unspecified atom stereocenters. The van der Waals surface area contributed by atoms with Gasteiger partial charge in [0, 0.05) is 19.2 Å². The Morgan fingerprint density at radius 1 is 1.50 bits per heavy atom. The Bertz CT molecular complexity index is 656. The Hall–Kier alpha value is -2.22. The molecule has 0 spiro atoms. The largest absolute Gasteiger partial charge is 0.391 e. The van der Waals surface area contributed by atoms with Crippen LogP contribution in [0.1, 0.15) is 13.3 Å². The van der Waals surface area contributed by atoms with Crippen molar-refractivity contribution >= 4 is 17.3 Å². The molecule has 3 heterocycles. The molecule has 0 radical (unpaired) electrons. The molecule has 2 atom stereocenters. The third-order valence-corrected chi connectivity index (χ3v) is 3.76. The number of imidazole rings is 1. The molecule has 0 aliphatic carbocycles. The van der Waals surface area contributed by atoms with Crippen LogP contribution in [0.15, 0.2) is 18.3 Å². The first kappa shape index (κ1) is 12.8. The van der Waals surface area contributed by atoms with E-state index in [0.717, 1.165) is 13.0 Å². The van der Waals surface area contributed by atoms with E-state index in [4.69, 9.17) is 0 Å². The monoisotopic (exact) mass is 277 g/mol. The van der Waals surface area contributed by atoms with Crippen LogP contribution < -0.4 is 4.90 Å². The number of aliphatic hydroxyl groups excluding tert-OH is 1. The zero-order chi connectivity index (χ0) is 14.3. The van der Waals surface area contributed by atoms with E-state index in [2.05, 4.69) is 10.1 Å². The van der Waals surface area contributed by atoms with Gasteiger partial charge in [-0.05, 0) is 23.3 Å². The third kappa shape index (κ3) is 2.07. The van der Waals surface area contributed by atoms with Crippen molar-refractivity contribution in [1.82, 2.24) is 14.6 Å². The predicted molar refractivity (Wildman–Crippen MR) is 71.6 cm³/mol. The second kappa shape index (κ2) is 4.71. The fourth-order valence-corrected chi connectivity index (χ4v) is 2.40. The van der Waals surface area contributed by atoms with E-state index in [9.17, 15) is 15.2 Å². The van der Waals surface area contributed by atoms with E-state index in [1.807, 2.05) is 11.8 Å². The van der Waals surface area contributed by atoms with Gasteiger partial charge in [0.05, 0.1) is 6.10 Å². The summed E-state index contributed by atoms with van der Waals surface area (Å²) in [6.07, 6.45) is 1.66. The normalized spacial score (nSPS) is 23.2. The summed E-state index contributed by atoms with van der Waals surface area (Å²) >= 11 is 0. The summed E-state index contributed by atoms with van der Waals surface area (Å²) in [7, 11) is 0. The molecule has 0 aromatic carbocycles. The minimum absolute atomic E-state index is 0.159. The van der Waals surface area contributed by atoms with Crippen molar-refractivity contribution in [2.24, 2.45) is 5.92 Å². The molecule has 8 heteroatoms. The van der Waals surface area contributed by atoms with Gasteiger partial charge in [-0.1, -0.05) is 16.5 Å². The van der Waals surface area contributed by atoms with Crippen molar-refractivity contribution in [2.45, 2.75) is 19.4 Å². The van der Waals surface area contributed by atoms with Gasteiger partial charge in [0.1, 0.15) is 6.20 Å². The van der Waals surface area contributed by atoms with E-state index in [1.165, 1.54) is 10.7 Å². The van der Waals surface area contributed by atoms with E-state index in [1.54, 1.807) is 12.1 Å². The zero-order valence-corrected chi connectivity index (χ0v) is 11.0. The van der Waals surface area contributed by atoms with Gasteiger partial charge in [0.15, 0.2) is 5.82 Å². The Labute approximate surface area is 114 Å². The Morgan fingerprint density at radius 3 is 3.00 bits per heavy atom. The molecule has 0 amide bonds. The Kier molecular flexibility index (Phi) is 3.01. The Morgan fingerprint density at radius 2 is 2.30 bits per heavy atom. The molecule has 106 valence electrons. The van der Waals surface area contributed by atoms with Crippen LogP contribution in [-0.2, 0) is 0 Å². The highest BCUT2D eigenvalue weighted by atomic mass is 16.6. The average Bonchev–Trinajstić information content (AvgIpc) is 2.85. The van der Waals surface area contributed by atoms with Crippen LogP contribution in [0.5, 0.6) is 0 Å². The summed E-state index contributed by atoms with van der Waals surface area (Å²) in [6.45, 7) is 3.28. The SMILES string of the molecule is CC1CCN(c2ccc3ncc([N+](=O)[O-])n3n2)CC1O. The van der Waals surface area contributed by atoms with E-state index >= 15 is 0 Å². The summed E-state index contributed by atoms with van der Waals surface area (Å²) in [5.74, 6) is 0.717. The molecule has 3 rings (SSSR count). The number of rotatable bonds is 2. The third-order valence-electron chi connectivity index (χ3n) is 3.76. The summed E-state index contributed by atoms with van der Waals surface area (Å²) < 4.78 is 1.22. The summed E-state index contributed by atoms with van der Waals surface area (Å²) in [5.41, 5.74) is 0.436. The van der Waals surface area contributed by atoms with Gasteiger partial charge in [-0.25, -0.2) is 4.98 Å². The highest BCUT2D eigenvalue weighted by Gasteiger charge is 2.26. The van der Waals surface area contributed by atoms with Crippen LogP contribution in [0.3, 0.4) is 0 Å². The second-order valence-corrected chi connectivity index (χ2v) is 5.11. The lowest BCUT2D eigenvalue weighted by Crippen LogP contribution is -2.43. The number of nitro groups is 1. The number of hydrogen-bond acceptors (Lipinski definition) is 6. The molecule has 2 aromatic rings. The van der Waals surface area contributed by atoms with Crippen molar-refractivity contribution in [3.63, 3.8) is 0 Å². The van der Waals surface area contributed by atoms with Gasteiger partial charge in [-0.15, -0.1) is 0 Å². The molecule has 1 saturated heterocycles.